The second-order valence-electron chi connectivity index (χ2n) is 4.01. The highest BCUT2D eigenvalue weighted by atomic mass is 16.5. The van der Waals surface area contributed by atoms with Gasteiger partial charge in [0.05, 0.1) is 13.0 Å². The largest absolute Gasteiger partial charge is 0.494 e. The summed E-state index contributed by atoms with van der Waals surface area (Å²) in [5.41, 5.74) is 5.33. The topological polar surface area (TPSA) is 95.7 Å². The van der Waals surface area contributed by atoms with Gasteiger partial charge >= 0.3 is 5.97 Å². The van der Waals surface area contributed by atoms with Crippen LogP contribution in [-0.2, 0) is 14.3 Å². The van der Waals surface area contributed by atoms with E-state index >= 15 is 0 Å². The molecular weight excluding hydrogens is 262 g/mol. The van der Waals surface area contributed by atoms with Crippen LogP contribution in [0, 0.1) is 0 Å². The molecule has 0 heterocycles. The highest BCUT2D eigenvalue weighted by Crippen LogP contribution is 2.14. The second-order valence-corrected chi connectivity index (χ2v) is 4.01. The summed E-state index contributed by atoms with van der Waals surface area (Å²) >= 11 is 0. The first-order chi connectivity index (χ1) is 9.52. The lowest BCUT2D eigenvalue weighted by Gasteiger charge is -2.05. The van der Waals surface area contributed by atoms with Crippen LogP contribution in [0.1, 0.15) is 30.1 Å². The van der Waals surface area contributed by atoms with Gasteiger partial charge in [0, 0.05) is 12.0 Å². The zero-order valence-corrected chi connectivity index (χ0v) is 11.3. The van der Waals surface area contributed by atoms with E-state index in [4.69, 9.17) is 10.5 Å². The Kier molecular flexibility index (Phi) is 6.22. The van der Waals surface area contributed by atoms with Crippen molar-refractivity contribution in [3.8, 4) is 5.75 Å². The summed E-state index contributed by atoms with van der Waals surface area (Å²) < 4.78 is 9.82. The molecule has 0 unspecified atom stereocenters. The van der Waals surface area contributed by atoms with Crippen molar-refractivity contribution < 1.29 is 23.9 Å². The van der Waals surface area contributed by atoms with E-state index in [0.717, 1.165) is 0 Å². The summed E-state index contributed by atoms with van der Waals surface area (Å²) in [7, 11) is 0. The predicted molar refractivity (Wildman–Crippen MR) is 71.3 cm³/mol. The minimum atomic E-state index is -0.726. The molecule has 0 aromatic heterocycles. The van der Waals surface area contributed by atoms with Crippen LogP contribution in [0.2, 0.25) is 0 Å². The van der Waals surface area contributed by atoms with Crippen molar-refractivity contribution in [2.45, 2.75) is 19.8 Å². The van der Waals surface area contributed by atoms with Gasteiger partial charge in [0.1, 0.15) is 5.75 Å². The van der Waals surface area contributed by atoms with Crippen molar-refractivity contribution >= 4 is 17.7 Å². The van der Waals surface area contributed by atoms with Gasteiger partial charge in [-0.3, -0.25) is 14.4 Å². The quantitative estimate of drug-likeness (QED) is 0.567. The Morgan fingerprint density at radius 2 is 1.75 bits per heavy atom. The standard InChI is InChI=1S/C14H17NO5/c1-2-19-11-5-3-10(4-6-11)12(16)7-8-14(18)20-9-13(15)17/h3-6H,2,7-9H2,1H3,(H2,15,17). The van der Waals surface area contributed by atoms with Gasteiger partial charge in [-0.25, -0.2) is 0 Å². The molecule has 0 aliphatic heterocycles. The highest BCUT2D eigenvalue weighted by Gasteiger charge is 2.11. The number of amides is 1. The number of benzene rings is 1. The summed E-state index contributed by atoms with van der Waals surface area (Å²) in [5.74, 6) is -0.840. The third-order valence-corrected chi connectivity index (χ3v) is 2.42. The average molecular weight is 279 g/mol. The number of hydrogen-bond acceptors (Lipinski definition) is 5. The molecule has 0 bridgehead atoms. The molecule has 0 spiro atoms. The molecule has 0 saturated heterocycles. The molecule has 0 saturated carbocycles. The SMILES string of the molecule is CCOc1ccc(C(=O)CCC(=O)OCC(N)=O)cc1. The predicted octanol–water partition coefficient (Wildman–Crippen LogP) is 1.08. The summed E-state index contributed by atoms with van der Waals surface area (Å²) in [5, 5.41) is 0. The molecule has 1 amide bonds. The Labute approximate surface area is 116 Å². The molecule has 1 rings (SSSR count). The van der Waals surface area contributed by atoms with Crippen LogP contribution in [0.5, 0.6) is 5.75 Å². The monoisotopic (exact) mass is 279 g/mol. The average Bonchev–Trinajstić information content (AvgIpc) is 2.43. The lowest BCUT2D eigenvalue weighted by Crippen LogP contribution is -2.21. The van der Waals surface area contributed by atoms with Crippen molar-refractivity contribution in [1.82, 2.24) is 0 Å². The zero-order chi connectivity index (χ0) is 15.0. The first kappa shape index (κ1) is 15.7. The lowest BCUT2D eigenvalue weighted by molar-refractivity contribution is -0.147. The molecule has 0 aliphatic rings. The van der Waals surface area contributed by atoms with Gasteiger partial charge in [0.25, 0.3) is 5.91 Å². The molecule has 0 atom stereocenters. The Balaban J connectivity index is 2.42. The van der Waals surface area contributed by atoms with Gasteiger partial charge in [-0.05, 0) is 31.2 Å². The van der Waals surface area contributed by atoms with Crippen LogP contribution in [0.25, 0.3) is 0 Å². The van der Waals surface area contributed by atoms with E-state index in [1.54, 1.807) is 24.3 Å². The molecule has 6 nitrogen and oxygen atoms in total. The molecule has 0 aliphatic carbocycles. The smallest absolute Gasteiger partial charge is 0.306 e. The van der Waals surface area contributed by atoms with Crippen molar-refractivity contribution in [2.75, 3.05) is 13.2 Å². The number of esters is 1. The summed E-state index contributed by atoms with van der Waals surface area (Å²) in [6.07, 6.45) is -0.0646. The van der Waals surface area contributed by atoms with Crippen LogP contribution in [0.3, 0.4) is 0 Å². The number of carbonyl (C=O) groups is 3. The number of carbonyl (C=O) groups excluding carboxylic acids is 3. The van der Waals surface area contributed by atoms with Gasteiger partial charge in [0.2, 0.25) is 0 Å². The minimum Gasteiger partial charge on any atom is -0.494 e. The molecule has 1 aromatic rings. The van der Waals surface area contributed by atoms with Crippen LogP contribution in [-0.4, -0.2) is 30.9 Å². The molecular formula is C14H17NO5. The van der Waals surface area contributed by atoms with E-state index in [2.05, 4.69) is 4.74 Å². The number of Topliss-reactive ketones (excluding diaryl/α,β-unsaturated/α-hetero) is 1. The van der Waals surface area contributed by atoms with E-state index in [1.807, 2.05) is 6.92 Å². The summed E-state index contributed by atoms with van der Waals surface area (Å²) in [6.45, 7) is 1.96. The molecule has 2 N–H and O–H groups in total. The molecule has 20 heavy (non-hydrogen) atoms. The van der Waals surface area contributed by atoms with Crippen molar-refractivity contribution in [3.05, 3.63) is 29.8 Å². The Bertz CT molecular complexity index is 481. The van der Waals surface area contributed by atoms with Crippen LogP contribution < -0.4 is 10.5 Å². The van der Waals surface area contributed by atoms with Gasteiger partial charge in [-0.2, -0.15) is 0 Å². The number of ketones is 1. The van der Waals surface area contributed by atoms with E-state index in [9.17, 15) is 14.4 Å². The summed E-state index contributed by atoms with van der Waals surface area (Å²) in [4.78, 5) is 33.5. The highest BCUT2D eigenvalue weighted by molar-refractivity contribution is 5.97. The maximum absolute atomic E-state index is 11.8. The third-order valence-electron chi connectivity index (χ3n) is 2.42. The zero-order valence-electron chi connectivity index (χ0n) is 11.3. The Hall–Kier alpha value is -2.37. The number of primary amides is 1. The fourth-order valence-electron chi connectivity index (χ4n) is 1.49. The Morgan fingerprint density at radius 3 is 2.30 bits per heavy atom. The normalized spacial score (nSPS) is 9.85. The fraction of sp³-hybridized carbons (Fsp3) is 0.357. The van der Waals surface area contributed by atoms with Gasteiger partial charge in [-0.15, -0.1) is 0 Å². The van der Waals surface area contributed by atoms with Gasteiger partial charge in [0.15, 0.2) is 12.4 Å². The van der Waals surface area contributed by atoms with Crippen LogP contribution >= 0.6 is 0 Å². The van der Waals surface area contributed by atoms with Crippen LogP contribution in [0.15, 0.2) is 24.3 Å². The first-order valence-corrected chi connectivity index (χ1v) is 6.23. The summed E-state index contributed by atoms with van der Waals surface area (Å²) in [6, 6.07) is 6.68. The minimum absolute atomic E-state index is 0.0194. The number of ether oxygens (including phenoxy) is 2. The third kappa shape index (κ3) is 5.51. The molecule has 0 radical (unpaired) electrons. The number of hydrogen-bond donors (Lipinski definition) is 1. The van der Waals surface area contributed by atoms with E-state index in [-0.39, 0.29) is 18.6 Å². The van der Waals surface area contributed by atoms with Crippen molar-refractivity contribution in [3.63, 3.8) is 0 Å². The molecule has 1 aromatic carbocycles. The maximum atomic E-state index is 11.8. The van der Waals surface area contributed by atoms with E-state index in [1.165, 1.54) is 0 Å². The van der Waals surface area contributed by atoms with Crippen molar-refractivity contribution in [2.24, 2.45) is 5.73 Å². The van der Waals surface area contributed by atoms with Gasteiger partial charge < -0.3 is 15.2 Å². The van der Waals surface area contributed by atoms with Crippen molar-refractivity contribution in [1.29, 1.82) is 0 Å². The Morgan fingerprint density at radius 1 is 1.10 bits per heavy atom. The van der Waals surface area contributed by atoms with Gasteiger partial charge in [-0.1, -0.05) is 0 Å². The fourth-order valence-corrected chi connectivity index (χ4v) is 1.49. The number of nitrogens with two attached hydrogens (primary N) is 1. The molecule has 6 heteroatoms. The maximum Gasteiger partial charge on any atom is 0.306 e. The number of rotatable bonds is 8. The molecule has 108 valence electrons. The van der Waals surface area contributed by atoms with E-state index < -0.39 is 18.5 Å². The lowest BCUT2D eigenvalue weighted by atomic mass is 10.1. The second kappa shape index (κ2) is 7.93. The van der Waals surface area contributed by atoms with E-state index in [0.29, 0.717) is 17.9 Å². The first-order valence-electron chi connectivity index (χ1n) is 6.23. The van der Waals surface area contributed by atoms with Crippen LogP contribution in [0.4, 0.5) is 0 Å². The molecule has 0 fully saturated rings.